The van der Waals surface area contributed by atoms with E-state index < -0.39 is 0 Å². The van der Waals surface area contributed by atoms with Crippen molar-refractivity contribution in [3.05, 3.63) is 12.2 Å². The lowest BCUT2D eigenvalue weighted by Crippen LogP contribution is -1.90. The molecule has 0 bridgehead atoms. The van der Waals surface area contributed by atoms with Gasteiger partial charge in [-0.15, -0.1) is 0 Å². The molecule has 1 atom stereocenters. The molecule has 1 aliphatic carbocycles. The Kier molecular flexibility index (Phi) is 1.84. The molecule has 0 heterocycles. The van der Waals surface area contributed by atoms with E-state index in [0.29, 0.717) is 5.92 Å². The van der Waals surface area contributed by atoms with Crippen LogP contribution in [0.25, 0.3) is 0 Å². The van der Waals surface area contributed by atoms with E-state index in [9.17, 15) is 4.79 Å². The van der Waals surface area contributed by atoms with Gasteiger partial charge in [-0.2, -0.15) is 0 Å². The zero-order valence-electron chi connectivity index (χ0n) is 4.84. The molecule has 0 aromatic heterocycles. The molecule has 0 aromatic rings. The van der Waals surface area contributed by atoms with Gasteiger partial charge in [0.25, 0.3) is 0 Å². The molecule has 0 aliphatic heterocycles. The standard InChI is InChI=1S/C7H10O/c8-6-5-7-3-1-2-4-7/h1,3,6-7H,2,4-5H2. The number of hydrogen-bond donors (Lipinski definition) is 0. The Bertz CT molecular complexity index is 105. The topological polar surface area (TPSA) is 17.1 Å². The average Bonchev–Trinajstić information content (AvgIpc) is 2.19. The van der Waals surface area contributed by atoms with E-state index in [2.05, 4.69) is 12.2 Å². The zero-order chi connectivity index (χ0) is 5.82. The van der Waals surface area contributed by atoms with Gasteiger partial charge >= 0.3 is 0 Å². The average molecular weight is 110 g/mol. The molecule has 0 spiro atoms. The molecular weight excluding hydrogens is 100 g/mol. The number of aldehydes is 1. The lowest BCUT2D eigenvalue weighted by Gasteiger charge is -1.97. The third-order valence-corrected chi connectivity index (χ3v) is 1.51. The summed E-state index contributed by atoms with van der Waals surface area (Å²) in [5.41, 5.74) is 0. The van der Waals surface area contributed by atoms with Crippen molar-refractivity contribution in [2.75, 3.05) is 0 Å². The van der Waals surface area contributed by atoms with Crippen molar-refractivity contribution in [3.63, 3.8) is 0 Å². The summed E-state index contributed by atoms with van der Waals surface area (Å²) >= 11 is 0. The highest BCUT2D eigenvalue weighted by atomic mass is 16.1. The maximum atomic E-state index is 9.93. The van der Waals surface area contributed by atoms with Gasteiger partial charge in [0, 0.05) is 6.42 Å². The van der Waals surface area contributed by atoms with Crippen LogP contribution in [-0.4, -0.2) is 6.29 Å². The molecule has 1 rings (SSSR count). The molecule has 0 saturated carbocycles. The largest absolute Gasteiger partial charge is 0.303 e. The third-order valence-electron chi connectivity index (χ3n) is 1.51. The minimum atomic E-state index is 0.562. The van der Waals surface area contributed by atoms with E-state index in [1.165, 1.54) is 12.8 Å². The van der Waals surface area contributed by atoms with Crippen LogP contribution in [0.3, 0.4) is 0 Å². The van der Waals surface area contributed by atoms with Crippen LogP contribution in [-0.2, 0) is 4.79 Å². The van der Waals surface area contributed by atoms with Crippen LogP contribution in [0.2, 0.25) is 0 Å². The number of hydrogen-bond acceptors (Lipinski definition) is 1. The highest BCUT2D eigenvalue weighted by molar-refractivity contribution is 5.50. The fourth-order valence-corrected chi connectivity index (χ4v) is 1.02. The van der Waals surface area contributed by atoms with Crippen molar-refractivity contribution in [2.24, 2.45) is 5.92 Å². The van der Waals surface area contributed by atoms with Crippen LogP contribution in [0.1, 0.15) is 19.3 Å². The van der Waals surface area contributed by atoms with E-state index in [4.69, 9.17) is 0 Å². The Morgan fingerprint density at radius 3 is 3.12 bits per heavy atom. The predicted octanol–water partition coefficient (Wildman–Crippen LogP) is 1.54. The highest BCUT2D eigenvalue weighted by Gasteiger charge is 2.06. The molecule has 0 radical (unpaired) electrons. The summed E-state index contributed by atoms with van der Waals surface area (Å²) in [6, 6.07) is 0. The number of allylic oxidation sites excluding steroid dienone is 2. The van der Waals surface area contributed by atoms with Crippen LogP contribution in [0, 0.1) is 5.92 Å². The first-order valence-electron chi connectivity index (χ1n) is 3.04. The minimum Gasteiger partial charge on any atom is -0.303 e. The first-order valence-corrected chi connectivity index (χ1v) is 3.04. The molecule has 0 saturated heterocycles. The summed E-state index contributed by atoms with van der Waals surface area (Å²) in [6.07, 6.45) is 8.34. The molecule has 1 unspecified atom stereocenters. The Balaban J connectivity index is 2.25. The lowest BCUT2D eigenvalue weighted by atomic mass is 10.1. The molecule has 0 fully saturated rings. The maximum Gasteiger partial charge on any atom is 0.120 e. The van der Waals surface area contributed by atoms with Crippen molar-refractivity contribution in [1.29, 1.82) is 0 Å². The smallest absolute Gasteiger partial charge is 0.120 e. The quantitative estimate of drug-likeness (QED) is 0.389. The van der Waals surface area contributed by atoms with Crippen LogP contribution in [0.4, 0.5) is 0 Å². The normalized spacial score (nSPS) is 26.2. The van der Waals surface area contributed by atoms with Crippen molar-refractivity contribution in [1.82, 2.24) is 0 Å². The summed E-state index contributed by atoms with van der Waals surface area (Å²) in [5.74, 6) is 0.562. The summed E-state index contributed by atoms with van der Waals surface area (Å²) in [7, 11) is 0. The second kappa shape index (κ2) is 2.65. The SMILES string of the molecule is O=CCC1C=CCC1. The molecule has 0 amide bonds. The second-order valence-electron chi connectivity index (χ2n) is 2.17. The van der Waals surface area contributed by atoms with Crippen LogP contribution in [0.5, 0.6) is 0 Å². The fourth-order valence-electron chi connectivity index (χ4n) is 1.02. The van der Waals surface area contributed by atoms with Gasteiger partial charge in [0.1, 0.15) is 6.29 Å². The van der Waals surface area contributed by atoms with Crippen LogP contribution in [0.15, 0.2) is 12.2 Å². The van der Waals surface area contributed by atoms with E-state index in [0.717, 1.165) is 12.7 Å². The highest BCUT2D eigenvalue weighted by Crippen LogP contribution is 2.18. The molecule has 44 valence electrons. The second-order valence-corrected chi connectivity index (χ2v) is 2.17. The van der Waals surface area contributed by atoms with E-state index in [1.54, 1.807) is 0 Å². The maximum absolute atomic E-state index is 9.93. The summed E-state index contributed by atoms with van der Waals surface area (Å²) in [4.78, 5) is 9.93. The number of rotatable bonds is 2. The van der Waals surface area contributed by atoms with Gasteiger partial charge in [-0.05, 0) is 18.8 Å². The first kappa shape index (κ1) is 5.54. The van der Waals surface area contributed by atoms with Gasteiger partial charge in [-0.25, -0.2) is 0 Å². The van der Waals surface area contributed by atoms with Crippen LogP contribution >= 0.6 is 0 Å². The number of carbonyl (C=O) groups excluding carboxylic acids is 1. The van der Waals surface area contributed by atoms with E-state index in [1.807, 2.05) is 0 Å². The molecule has 0 N–H and O–H groups in total. The minimum absolute atomic E-state index is 0.562. The van der Waals surface area contributed by atoms with Crippen molar-refractivity contribution in [3.8, 4) is 0 Å². The van der Waals surface area contributed by atoms with Gasteiger partial charge in [-0.3, -0.25) is 0 Å². The summed E-state index contributed by atoms with van der Waals surface area (Å²) in [6.45, 7) is 0. The van der Waals surface area contributed by atoms with Gasteiger partial charge in [0.2, 0.25) is 0 Å². The molecule has 1 aliphatic rings. The first-order chi connectivity index (χ1) is 3.93. The molecule has 8 heavy (non-hydrogen) atoms. The Morgan fingerprint density at radius 1 is 1.75 bits per heavy atom. The van der Waals surface area contributed by atoms with E-state index in [-0.39, 0.29) is 0 Å². The van der Waals surface area contributed by atoms with Crippen molar-refractivity contribution in [2.45, 2.75) is 19.3 Å². The molecular formula is C7H10O. The lowest BCUT2D eigenvalue weighted by molar-refractivity contribution is -0.108. The van der Waals surface area contributed by atoms with Gasteiger partial charge in [-0.1, -0.05) is 12.2 Å². The Labute approximate surface area is 49.4 Å². The molecule has 1 nitrogen and oxygen atoms in total. The van der Waals surface area contributed by atoms with Crippen molar-refractivity contribution >= 4 is 6.29 Å². The Hall–Kier alpha value is -0.590. The molecule has 0 aromatic carbocycles. The third kappa shape index (κ3) is 1.19. The number of carbonyl (C=O) groups is 1. The van der Waals surface area contributed by atoms with Crippen molar-refractivity contribution < 1.29 is 4.79 Å². The monoisotopic (exact) mass is 110 g/mol. The van der Waals surface area contributed by atoms with Crippen LogP contribution < -0.4 is 0 Å². The fraction of sp³-hybridized carbons (Fsp3) is 0.571. The van der Waals surface area contributed by atoms with Gasteiger partial charge in [0.05, 0.1) is 0 Å². The Morgan fingerprint density at radius 2 is 2.62 bits per heavy atom. The summed E-state index contributed by atoms with van der Waals surface area (Å²) < 4.78 is 0. The van der Waals surface area contributed by atoms with Gasteiger partial charge < -0.3 is 4.79 Å². The zero-order valence-corrected chi connectivity index (χ0v) is 4.84. The van der Waals surface area contributed by atoms with E-state index >= 15 is 0 Å². The summed E-state index contributed by atoms with van der Waals surface area (Å²) in [5, 5.41) is 0. The van der Waals surface area contributed by atoms with Gasteiger partial charge in [0.15, 0.2) is 0 Å². The molecule has 1 heteroatoms. The predicted molar refractivity (Wildman–Crippen MR) is 32.5 cm³/mol.